The Balaban J connectivity index is 1.91. The average molecular weight is 455 g/mol. The van der Waals surface area contributed by atoms with Crippen LogP contribution in [0.3, 0.4) is 0 Å². The van der Waals surface area contributed by atoms with Gasteiger partial charge in [0.25, 0.3) is 0 Å². The summed E-state index contributed by atoms with van der Waals surface area (Å²) in [6.07, 6.45) is 1.51. The first-order valence-electron chi connectivity index (χ1n) is 10.7. The van der Waals surface area contributed by atoms with Crippen LogP contribution in [0.1, 0.15) is 50.4 Å². The summed E-state index contributed by atoms with van der Waals surface area (Å²) in [5, 5.41) is 4.43. The van der Waals surface area contributed by atoms with Crippen LogP contribution in [-0.4, -0.2) is 24.2 Å². The van der Waals surface area contributed by atoms with E-state index < -0.39 is 21.3 Å². The predicted octanol–water partition coefficient (Wildman–Crippen LogP) is 5.02. The molecule has 1 aromatic heterocycles. The van der Waals surface area contributed by atoms with E-state index in [0.29, 0.717) is 12.1 Å². The van der Waals surface area contributed by atoms with Gasteiger partial charge in [0, 0.05) is 6.42 Å². The van der Waals surface area contributed by atoms with E-state index in [1.165, 1.54) is 4.68 Å². The number of carbonyl (C=O) groups excluding carboxylic acids is 1. The highest BCUT2D eigenvalue weighted by atomic mass is 32.2. The minimum atomic E-state index is -3.93. The van der Waals surface area contributed by atoms with Crippen molar-refractivity contribution < 1.29 is 17.9 Å². The molecule has 0 radical (unpaired) electrons. The molecule has 2 aromatic carbocycles. The number of aryl methyl sites for hydroxylation is 3. The summed E-state index contributed by atoms with van der Waals surface area (Å²) in [4.78, 5) is 12.8. The fourth-order valence-corrected chi connectivity index (χ4v) is 4.94. The van der Waals surface area contributed by atoms with Crippen LogP contribution in [0.15, 0.2) is 64.4 Å². The molecular formula is C25H30N2O4S. The van der Waals surface area contributed by atoms with Crippen molar-refractivity contribution >= 4 is 15.8 Å². The van der Waals surface area contributed by atoms with E-state index in [2.05, 4.69) is 5.10 Å². The van der Waals surface area contributed by atoms with Crippen LogP contribution in [0, 0.1) is 13.8 Å². The van der Waals surface area contributed by atoms with Crippen molar-refractivity contribution in [2.24, 2.45) is 0 Å². The first kappa shape index (κ1) is 23.7. The molecule has 3 aromatic rings. The van der Waals surface area contributed by atoms with Crippen LogP contribution in [0.5, 0.6) is 5.88 Å². The normalized spacial score (nSPS) is 12.0. The molecule has 0 saturated heterocycles. The van der Waals surface area contributed by atoms with Crippen molar-refractivity contribution in [2.75, 3.05) is 0 Å². The number of hydrogen-bond donors (Lipinski definition) is 0. The fourth-order valence-electron chi connectivity index (χ4n) is 3.42. The predicted molar refractivity (Wildman–Crippen MR) is 124 cm³/mol. The second-order valence-electron chi connectivity index (χ2n) is 8.93. The van der Waals surface area contributed by atoms with Crippen LogP contribution in [0.25, 0.3) is 0 Å². The zero-order valence-electron chi connectivity index (χ0n) is 19.3. The van der Waals surface area contributed by atoms with E-state index in [0.717, 1.165) is 17.5 Å². The zero-order chi connectivity index (χ0) is 23.5. The maximum atomic E-state index is 13.5. The fraction of sp³-hybridized carbons (Fsp3) is 0.360. The van der Waals surface area contributed by atoms with Gasteiger partial charge in [0.1, 0.15) is 0 Å². The van der Waals surface area contributed by atoms with E-state index in [9.17, 15) is 13.2 Å². The third-order valence-corrected chi connectivity index (χ3v) is 7.00. The number of sulfone groups is 1. The van der Waals surface area contributed by atoms with Gasteiger partial charge in [-0.15, -0.1) is 0 Å². The molecule has 32 heavy (non-hydrogen) atoms. The molecule has 0 N–H and O–H groups in total. The highest BCUT2D eigenvalue weighted by Crippen LogP contribution is 2.36. The molecule has 0 aliphatic heterocycles. The third-order valence-electron chi connectivity index (χ3n) is 5.10. The Morgan fingerprint density at radius 2 is 1.62 bits per heavy atom. The van der Waals surface area contributed by atoms with E-state index >= 15 is 0 Å². The zero-order valence-corrected chi connectivity index (χ0v) is 20.1. The molecule has 0 aliphatic carbocycles. The van der Waals surface area contributed by atoms with Crippen LogP contribution in [-0.2, 0) is 26.6 Å². The van der Waals surface area contributed by atoms with Gasteiger partial charge in [-0.1, -0.05) is 48.0 Å². The molecule has 1 heterocycles. The van der Waals surface area contributed by atoms with Crippen LogP contribution in [0.2, 0.25) is 0 Å². The first-order valence-corrected chi connectivity index (χ1v) is 12.1. The molecule has 0 aliphatic rings. The number of rotatable bonds is 7. The Hall–Kier alpha value is -2.93. The van der Waals surface area contributed by atoms with Crippen molar-refractivity contribution in [3.05, 3.63) is 71.4 Å². The molecule has 0 atom stereocenters. The molecule has 3 rings (SSSR count). The second kappa shape index (κ2) is 9.28. The lowest BCUT2D eigenvalue weighted by atomic mass is 10.1. The smallest absolute Gasteiger partial charge is 0.312 e. The maximum absolute atomic E-state index is 13.5. The van der Waals surface area contributed by atoms with Gasteiger partial charge in [0.05, 0.1) is 16.1 Å². The summed E-state index contributed by atoms with van der Waals surface area (Å²) in [5.41, 5.74) is 1.81. The minimum absolute atomic E-state index is 0.0275. The van der Waals surface area contributed by atoms with Gasteiger partial charge in [0.2, 0.25) is 15.7 Å². The number of esters is 1. The maximum Gasteiger partial charge on any atom is 0.312 e. The Morgan fingerprint density at radius 1 is 1.00 bits per heavy atom. The van der Waals surface area contributed by atoms with Crippen molar-refractivity contribution in [1.29, 1.82) is 0 Å². The molecule has 0 bridgehead atoms. The van der Waals surface area contributed by atoms with E-state index in [4.69, 9.17) is 4.74 Å². The first-order chi connectivity index (χ1) is 15.0. The summed E-state index contributed by atoms with van der Waals surface area (Å²) < 4.78 is 34.1. The van der Waals surface area contributed by atoms with E-state index in [1.807, 2.05) is 58.0 Å². The summed E-state index contributed by atoms with van der Waals surface area (Å²) in [6.45, 7) is 9.16. The number of benzene rings is 2. The third kappa shape index (κ3) is 5.27. The van der Waals surface area contributed by atoms with Gasteiger partial charge < -0.3 is 4.74 Å². The monoisotopic (exact) mass is 454 g/mol. The number of ether oxygens (including phenoxy) is 1. The summed E-state index contributed by atoms with van der Waals surface area (Å²) >= 11 is 0. The SMILES string of the molecule is Cc1ccc(S(=O)(=O)c2c(C)nn(C(C)(C)C)c2OC(=O)CCCc2ccccc2)cc1. The summed E-state index contributed by atoms with van der Waals surface area (Å²) in [6, 6.07) is 16.5. The largest absolute Gasteiger partial charge is 0.406 e. The van der Waals surface area contributed by atoms with Gasteiger partial charge in [-0.25, -0.2) is 13.1 Å². The molecular weight excluding hydrogens is 424 g/mol. The highest BCUT2D eigenvalue weighted by Gasteiger charge is 2.34. The van der Waals surface area contributed by atoms with Gasteiger partial charge in [-0.2, -0.15) is 5.10 Å². The lowest BCUT2D eigenvalue weighted by molar-refractivity contribution is -0.135. The molecule has 0 saturated carbocycles. The summed E-state index contributed by atoms with van der Waals surface area (Å²) in [7, 11) is -3.93. The van der Waals surface area contributed by atoms with Crippen LogP contribution < -0.4 is 4.74 Å². The van der Waals surface area contributed by atoms with Crippen molar-refractivity contribution in [1.82, 2.24) is 9.78 Å². The molecule has 0 fully saturated rings. The Bertz CT molecular complexity index is 1190. The Morgan fingerprint density at radius 3 is 2.22 bits per heavy atom. The van der Waals surface area contributed by atoms with Gasteiger partial charge in [-0.3, -0.25) is 4.79 Å². The average Bonchev–Trinajstić information content (AvgIpc) is 3.06. The van der Waals surface area contributed by atoms with Crippen LogP contribution >= 0.6 is 0 Å². The number of carbonyl (C=O) groups is 1. The molecule has 0 unspecified atom stereocenters. The lowest BCUT2D eigenvalue weighted by Crippen LogP contribution is -2.26. The van der Waals surface area contributed by atoms with Crippen molar-refractivity contribution in [3.8, 4) is 5.88 Å². The van der Waals surface area contributed by atoms with Crippen molar-refractivity contribution in [2.45, 2.75) is 69.2 Å². The molecule has 7 heteroatoms. The summed E-state index contributed by atoms with van der Waals surface area (Å²) in [5.74, 6) is -0.507. The van der Waals surface area contributed by atoms with E-state index in [-0.39, 0.29) is 22.1 Å². The molecule has 0 amide bonds. The number of nitrogens with zero attached hydrogens (tertiary/aromatic N) is 2. The Kier molecular flexibility index (Phi) is 6.88. The quantitative estimate of drug-likeness (QED) is 0.469. The molecule has 6 nitrogen and oxygen atoms in total. The van der Waals surface area contributed by atoms with Crippen LogP contribution in [0.4, 0.5) is 0 Å². The number of hydrogen-bond acceptors (Lipinski definition) is 5. The van der Waals surface area contributed by atoms with Crippen molar-refractivity contribution in [3.63, 3.8) is 0 Å². The Labute approximate surface area is 190 Å². The number of aromatic nitrogens is 2. The highest BCUT2D eigenvalue weighted by molar-refractivity contribution is 7.91. The lowest BCUT2D eigenvalue weighted by Gasteiger charge is -2.22. The van der Waals surface area contributed by atoms with Gasteiger partial charge >= 0.3 is 5.97 Å². The van der Waals surface area contributed by atoms with Gasteiger partial charge in [-0.05, 0) is 65.2 Å². The second-order valence-corrected chi connectivity index (χ2v) is 10.8. The van der Waals surface area contributed by atoms with E-state index in [1.54, 1.807) is 31.2 Å². The topological polar surface area (TPSA) is 78.3 Å². The molecule has 170 valence electrons. The molecule has 0 spiro atoms. The standard InChI is InChI=1S/C25H30N2O4S/c1-18-14-16-21(17-15-18)32(29,30)23-19(2)26-27(25(3,4)5)24(23)31-22(28)13-9-12-20-10-7-6-8-11-20/h6-8,10-11,14-17H,9,12-13H2,1-5H3. The minimum Gasteiger partial charge on any atom is -0.406 e. The van der Waals surface area contributed by atoms with Gasteiger partial charge in [0.15, 0.2) is 4.90 Å².